The molecule has 0 amide bonds. The van der Waals surface area contributed by atoms with Gasteiger partial charge in [0.25, 0.3) is 0 Å². The van der Waals surface area contributed by atoms with Gasteiger partial charge in [-0.25, -0.2) is 0 Å². The normalized spacial score (nSPS) is 17.8. The monoisotopic (exact) mass is 482 g/mol. The standard InChI is InChI=1S/C29H27ClN4O/c1-18-17-19(2)32-25-10-6-8-12-27(25)34-21(4)28(29(35)22-13-15-23(30)16-14-22)20(3)33-26-11-7-5-9-24(26)31-18/h5-17,31,34H,1-4H3/b18-17-,28-21+,32-19?,33-20?. The van der Waals surface area contributed by atoms with E-state index in [2.05, 4.69) is 10.6 Å². The molecule has 2 N–H and O–H groups in total. The Bertz CT molecular complexity index is 1400. The van der Waals surface area contributed by atoms with Gasteiger partial charge in [0.2, 0.25) is 0 Å². The first kappa shape index (κ1) is 24.2. The molecule has 0 unspecified atom stereocenters. The highest BCUT2D eigenvalue weighted by Gasteiger charge is 2.20. The van der Waals surface area contributed by atoms with Crippen molar-refractivity contribution in [2.45, 2.75) is 27.7 Å². The van der Waals surface area contributed by atoms with E-state index < -0.39 is 0 Å². The number of halogens is 1. The lowest BCUT2D eigenvalue weighted by Crippen LogP contribution is -2.16. The van der Waals surface area contributed by atoms with Gasteiger partial charge in [-0.05, 0) is 82.3 Å². The molecule has 4 rings (SSSR count). The maximum absolute atomic E-state index is 13.7. The van der Waals surface area contributed by atoms with E-state index in [9.17, 15) is 4.79 Å². The van der Waals surface area contributed by atoms with Gasteiger partial charge in [0.1, 0.15) is 0 Å². The number of para-hydroxylation sites is 4. The van der Waals surface area contributed by atoms with Crippen molar-refractivity contribution in [3.8, 4) is 0 Å². The van der Waals surface area contributed by atoms with Gasteiger partial charge in [-0.3, -0.25) is 14.8 Å². The maximum atomic E-state index is 13.7. The number of nitrogens with zero attached hydrogens (tertiary/aromatic N) is 2. The Morgan fingerprint density at radius 2 is 1.31 bits per heavy atom. The number of carbonyl (C=O) groups excluding carboxylic acids is 1. The van der Waals surface area contributed by atoms with E-state index in [1.165, 1.54) is 0 Å². The Balaban J connectivity index is 1.94. The van der Waals surface area contributed by atoms with Gasteiger partial charge in [0.05, 0.1) is 34.0 Å². The van der Waals surface area contributed by atoms with Gasteiger partial charge in [-0.2, -0.15) is 0 Å². The van der Waals surface area contributed by atoms with Gasteiger partial charge in [0, 0.05) is 27.7 Å². The quantitative estimate of drug-likeness (QED) is 0.362. The zero-order chi connectivity index (χ0) is 24.9. The molecule has 0 bridgehead atoms. The van der Waals surface area contributed by atoms with E-state index in [1.807, 2.05) is 82.3 Å². The summed E-state index contributed by atoms with van der Waals surface area (Å²) in [4.78, 5) is 23.4. The average Bonchev–Trinajstić information content (AvgIpc) is 2.81. The van der Waals surface area contributed by atoms with Crippen molar-refractivity contribution in [2.24, 2.45) is 9.98 Å². The minimum atomic E-state index is -0.140. The molecule has 5 nitrogen and oxygen atoms in total. The Kier molecular flexibility index (Phi) is 7.28. The summed E-state index contributed by atoms with van der Waals surface area (Å²) in [6.45, 7) is 7.69. The largest absolute Gasteiger partial charge is 0.357 e. The maximum Gasteiger partial charge on any atom is 0.196 e. The van der Waals surface area contributed by atoms with Crippen LogP contribution in [0.15, 0.2) is 106 Å². The molecule has 0 atom stereocenters. The molecule has 176 valence electrons. The van der Waals surface area contributed by atoms with Crippen LogP contribution in [-0.2, 0) is 0 Å². The summed E-state index contributed by atoms with van der Waals surface area (Å²) in [6, 6.07) is 22.4. The first-order valence-electron chi connectivity index (χ1n) is 11.3. The number of aliphatic imine (C=N–C) groups is 2. The molecule has 3 aromatic rings. The number of hydrogen-bond donors (Lipinski definition) is 2. The van der Waals surface area contributed by atoms with Crippen molar-refractivity contribution in [1.82, 2.24) is 0 Å². The Morgan fingerprint density at radius 3 is 1.97 bits per heavy atom. The minimum absolute atomic E-state index is 0.140. The van der Waals surface area contributed by atoms with Crippen molar-refractivity contribution >= 4 is 51.6 Å². The van der Waals surface area contributed by atoms with Crippen molar-refractivity contribution in [1.29, 1.82) is 0 Å². The van der Waals surface area contributed by atoms with E-state index in [-0.39, 0.29) is 5.78 Å². The molecule has 0 spiro atoms. The predicted molar refractivity (Wildman–Crippen MR) is 148 cm³/mol. The number of fused-ring (bicyclic) bond motifs is 2. The van der Waals surface area contributed by atoms with Crippen LogP contribution in [0.1, 0.15) is 38.1 Å². The molecule has 0 fully saturated rings. The van der Waals surface area contributed by atoms with Crippen LogP contribution in [0.3, 0.4) is 0 Å². The molecule has 1 aliphatic rings. The van der Waals surface area contributed by atoms with Crippen molar-refractivity contribution < 1.29 is 4.79 Å². The van der Waals surface area contributed by atoms with Crippen LogP contribution in [-0.4, -0.2) is 17.2 Å². The lowest BCUT2D eigenvalue weighted by Gasteiger charge is -2.17. The minimum Gasteiger partial charge on any atom is -0.357 e. The first-order valence-corrected chi connectivity index (χ1v) is 11.7. The summed E-state index contributed by atoms with van der Waals surface area (Å²) in [5.41, 5.74) is 7.23. The molecule has 0 saturated heterocycles. The third-order valence-electron chi connectivity index (χ3n) is 5.54. The summed E-state index contributed by atoms with van der Waals surface area (Å²) in [5, 5.41) is 7.42. The fourth-order valence-electron chi connectivity index (χ4n) is 3.99. The zero-order valence-corrected chi connectivity index (χ0v) is 20.9. The number of ketones is 1. The van der Waals surface area contributed by atoms with E-state index in [0.29, 0.717) is 27.6 Å². The van der Waals surface area contributed by atoms with Gasteiger partial charge in [-0.15, -0.1) is 0 Å². The number of rotatable bonds is 2. The van der Waals surface area contributed by atoms with E-state index in [4.69, 9.17) is 21.6 Å². The van der Waals surface area contributed by atoms with Crippen LogP contribution in [0.2, 0.25) is 5.02 Å². The van der Waals surface area contributed by atoms with Gasteiger partial charge < -0.3 is 10.6 Å². The lowest BCUT2D eigenvalue weighted by molar-refractivity contribution is 0.103. The summed E-state index contributed by atoms with van der Waals surface area (Å²) in [6.07, 6.45) is 1.99. The average molecular weight is 483 g/mol. The van der Waals surface area contributed by atoms with Crippen LogP contribution in [0.5, 0.6) is 0 Å². The van der Waals surface area contributed by atoms with Crippen LogP contribution < -0.4 is 10.6 Å². The highest BCUT2D eigenvalue weighted by Crippen LogP contribution is 2.30. The Morgan fingerprint density at radius 1 is 0.743 bits per heavy atom. The fourth-order valence-corrected chi connectivity index (χ4v) is 4.12. The third kappa shape index (κ3) is 5.76. The molecular formula is C29H27ClN4O. The van der Waals surface area contributed by atoms with E-state index >= 15 is 0 Å². The smallest absolute Gasteiger partial charge is 0.196 e. The van der Waals surface area contributed by atoms with E-state index in [1.54, 1.807) is 24.3 Å². The molecule has 1 heterocycles. The van der Waals surface area contributed by atoms with Crippen LogP contribution in [0, 0.1) is 0 Å². The van der Waals surface area contributed by atoms with Crippen molar-refractivity contribution in [3.63, 3.8) is 0 Å². The Hall–Kier alpha value is -3.96. The van der Waals surface area contributed by atoms with Crippen LogP contribution in [0.25, 0.3) is 0 Å². The van der Waals surface area contributed by atoms with Crippen molar-refractivity contribution in [2.75, 3.05) is 10.6 Å². The number of allylic oxidation sites excluding steroid dienone is 4. The second kappa shape index (κ2) is 10.5. The van der Waals surface area contributed by atoms with Gasteiger partial charge in [0.15, 0.2) is 5.78 Å². The zero-order valence-electron chi connectivity index (χ0n) is 20.2. The second-order valence-corrected chi connectivity index (χ2v) is 8.83. The summed E-state index contributed by atoms with van der Waals surface area (Å²) in [5.74, 6) is -0.140. The number of benzene rings is 3. The molecule has 0 radical (unpaired) electrons. The molecule has 6 heteroatoms. The van der Waals surface area contributed by atoms with Gasteiger partial charge in [-0.1, -0.05) is 35.9 Å². The summed E-state index contributed by atoms with van der Waals surface area (Å²) >= 11 is 6.06. The predicted octanol–water partition coefficient (Wildman–Crippen LogP) is 8.12. The lowest BCUT2D eigenvalue weighted by atomic mass is 9.98. The third-order valence-corrected chi connectivity index (χ3v) is 5.79. The van der Waals surface area contributed by atoms with Crippen LogP contribution >= 0.6 is 11.6 Å². The molecular weight excluding hydrogens is 456 g/mol. The number of anilines is 2. The highest BCUT2D eigenvalue weighted by molar-refractivity contribution is 6.31. The molecule has 0 saturated carbocycles. The molecule has 1 aliphatic heterocycles. The van der Waals surface area contributed by atoms with E-state index in [0.717, 1.165) is 34.2 Å². The Labute approximate surface area is 211 Å². The molecule has 0 aliphatic carbocycles. The highest BCUT2D eigenvalue weighted by atomic mass is 35.5. The second-order valence-electron chi connectivity index (χ2n) is 8.40. The van der Waals surface area contributed by atoms with Crippen LogP contribution in [0.4, 0.5) is 22.7 Å². The van der Waals surface area contributed by atoms with Crippen molar-refractivity contribution in [3.05, 3.63) is 106 Å². The first-order chi connectivity index (χ1) is 16.8. The SMILES string of the molecule is CC1=Nc2ccccc2N/C(C)=C(/C(=O)c2ccc(Cl)cc2)C(C)=Nc2ccccc2N/C(C)=C\1. The number of hydrogen-bond acceptors (Lipinski definition) is 5. The topological polar surface area (TPSA) is 65.8 Å². The molecule has 3 aromatic carbocycles. The summed E-state index contributed by atoms with van der Waals surface area (Å²) in [7, 11) is 0. The number of Topliss-reactive ketones (excluding diaryl/α,β-unsaturated/α-hetero) is 1. The molecule has 0 aromatic heterocycles. The van der Waals surface area contributed by atoms with Gasteiger partial charge >= 0.3 is 0 Å². The number of carbonyl (C=O) groups is 1. The fraction of sp³-hybridized carbons (Fsp3) is 0.138. The summed E-state index contributed by atoms with van der Waals surface area (Å²) < 4.78 is 0. The number of nitrogens with one attached hydrogen (secondary N) is 2. The molecule has 35 heavy (non-hydrogen) atoms.